The van der Waals surface area contributed by atoms with Gasteiger partial charge in [-0.15, -0.1) is 0 Å². The quantitative estimate of drug-likeness (QED) is 0.566. The van der Waals surface area contributed by atoms with Crippen LogP contribution in [0, 0.1) is 21.7 Å². The van der Waals surface area contributed by atoms with E-state index in [1.54, 1.807) is 0 Å². The lowest BCUT2D eigenvalue weighted by Crippen LogP contribution is -2.05. The van der Waals surface area contributed by atoms with Crippen molar-refractivity contribution in [2.45, 2.75) is 6.54 Å². The zero-order valence-corrected chi connectivity index (χ0v) is 12.7. The summed E-state index contributed by atoms with van der Waals surface area (Å²) in [4.78, 5) is 18.4. The van der Waals surface area contributed by atoms with Crippen molar-refractivity contribution in [1.29, 1.82) is 0 Å². The van der Waals surface area contributed by atoms with Crippen molar-refractivity contribution in [3.05, 3.63) is 69.0 Å². The summed E-state index contributed by atoms with van der Waals surface area (Å²) < 4.78 is 26.6. The number of hydrogen-bond donors (Lipinski definition) is 1. The Morgan fingerprint density at radius 1 is 1.21 bits per heavy atom. The van der Waals surface area contributed by atoms with E-state index in [-0.39, 0.29) is 28.6 Å². The third-order valence-electron chi connectivity index (χ3n) is 3.36. The molecule has 122 valence electrons. The Hall–Kier alpha value is -2.87. The lowest BCUT2D eigenvalue weighted by molar-refractivity contribution is -0.384. The molecule has 0 aliphatic rings. The van der Waals surface area contributed by atoms with Crippen LogP contribution in [0.2, 0.25) is 5.02 Å². The van der Waals surface area contributed by atoms with Crippen LogP contribution in [0.1, 0.15) is 5.56 Å². The van der Waals surface area contributed by atoms with Crippen LogP contribution in [0.4, 0.5) is 20.3 Å². The molecule has 3 aromatic rings. The Balaban J connectivity index is 1.97. The number of halogens is 3. The average molecular weight is 351 g/mol. The largest absolute Gasteiger partial charge is 0.365 e. The van der Waals surface area contributed by atoms with Gasteiger partial charge in [0.2, 0.25) is 0 Å². The number of hydrogen-bond acceptors (Lipinski definition) is 5. The standard InChI is InChI=1S/C15H9ClF2N4O2/c16-11-5-13-10(4-14(11)22(23)24)15(21-7-20-13)19-6-8-1-2-9(17)3-12(8)18/h1-5,7H,6H2,(H,19,20,21). The zero-order valence-electron chi connectivity index (χ0n) is 12.0. The summed E-state index contributed by atoms with van der Waals surface area (Å²) in [5, 5.41) is 14.2. The van der Waals surface area contributed by atoms with Gasteiger partial charge in [0.05, 0.1) is 10.4 Å². The van der Waals surface area contributed by atoms with E-state index in [1.165, 1.54) is 24.5 Å². The maximum absolute atomic E-state index is 13.7. The first kappa shape index (κ1) is 16.0. The van der Waals surface area contributed by atoms with Crippen LogP contribution >= 0.6 is 11.6 Å². The number of aromatic nitrogens is 2. The lowest BCUT2D eigenvalue weighted by Gasteiger charge is -2.09. The van der Waals surface area contributed by atoms with Gasteiger partial charge in [-0.1, -0.05) is 17.7 Å². The molecule has 1 aromatic heterocycles. The fourth-order valence-electron chi connectivity index (χ4n) is 2.19. The van der Waals surface area contributed by atoms with Crippen molar-refractivity contribution < 1.29 is 13.7 Å². The summed E-state index contributed by atoms with van der Waals surface area (Å²) in [6.45, 7) is 0.0225. The van der Waals surface area contributed by atoms with Gasteiger partial charge in [-0.3, -0.25) is 10.1 Å². The van der Waals surface area contributed by atoms with Crippen LogP contribution < -0.4 is 5.32 Å². The minimum Gasteiger partial charge on any atom is -0.365 e. The summed E-state index contributed by atoms with van der Waals surface area (Å²) in [5.41, 5.74) is 0.351. The fourth-order valence-corrected chi connectivity index (χ4v) is 2.42. The molecule has 1 heterocycles. The molecule has 0 atom stereocenters. The minimum atomic E-state index is -0.699. The molecule has 0 amide bonds. The Morgan fingerprint density at radius 2 is 2.00 bits per heavy atom. The van der Waals surface area contributed by atoms with Gasteiger partial charge in [0, 0.05) is 29.6 Å². The molecule has 0 aliphatic heterocycles. The minimum absolute atomic E-state index is 0.0225. The van der Waals surface area contributed by atoms with Crippen LogP contribution in [0.15, 0.2) is 36.7 Å². The maximum Gasteiger partial charge on any atom is 0.288 e. The van der Waals surface area contributed by atoms with E-state index in [0.717, 1.165) is 12.1 Å². The van der Waals surface area contributed by atoms with Gasteiger partial charge in [0.1, 0.15) is 28.8 Å². The van der Waals surface area contributed by atoms with Crippen LogP contribution in [0.25, 0.3) is 10.9 Å². The van der Waals surface area contributed by atoms with Crippen molar-refractivity contribution in [2.75, 3.05) is 5.32 Å². The maximum atomic E-state index is 13.7. The molecule has 0 bridgehead atoms. The summed E-state index contributed by atoms with van der Waals surface area (Å²) in [6, 6.07) is 5.84. The molecule has 0 spiro atoms. The average Bonchev–Trinajstić information content (AvgIpc) is 2.53. The van der Waals surface area contributed by atoms with Crippen molar-refractivity contribution in [3.63, 3.8) is 0 Å². The number of nitro benzene ring substituents is 1. The van der Waals surface area contributed by atoms with Crippen LogP contribution in [0.3, 0.4) is 0 Å². The van der Waals surface area contributed by atoms with E-state index in [2.05, 4.69) is 15.3 Å². The molecule has 1 N–H and O–H groups in total. The van der Waals surface area contributed by atoms with Gasteiger partial charge < -0.3 is 5.32 Å². The topological polar surface area (TPSA) is 81.0 Å². The van der Waals surface area contributed by atoms with Gasteiger partial charge in [-0.05, 0) is 12.1 Å². The monoisotopic (exact) mass is 350 g/mol. The van der Waals surface area contributed by atoms with Crippen LogP contribution in [-0.2, 0) is 6.54 Å². The Labute approximate surface area is 139 Å². The first-order valence-corrected chi connectivity index (χ1v) is 7.10. The van der Waals surface area contributed by atoms with Gasteiger partial charge in [-0.2, -0.15) is 0 Å². The second-order valence-electron chi connectivity index (χ2n) is 4.89. The van der Waals surface area contributed by atoms with E-state index < -0.39 is 16.6 Å². The fraction of sp³-hybridized carbons (Fsp3) is 0.0667. The number of anilines is 1. The van der Waals surface area contributed by atoms with Gasteiger partial charge in [0.15, 0.2) is 0 Å². The van der Waals surface area contributed by atoms with Crippen molar-refractivity contribution in [1.82, 2.24) is 9.97 Å². The highest BCUT2D eigenvalue weighted by molar-refractivity contribution is 6.33. The number of nitro groups is 1. The second-order valence-corrected chi connectivity index (χ2v) is 5.30. The van der Waals surface area contributed by atoms with Gasteiger partial charge >= 0.3 is 0 Å². The molecule has 24 heavy (non-hydrogen) atoms. The molecule has 2 aromatic carbocycles. The SMILES string of the molecule is O=[N+]([O-])c1cc2c(NCc3ccc(F)cc3F)ncnc2cc1Cl. The second kappa shape index (κ2) is 6.32. The number of fused-ring (bicyclic) bond motifs is 1. The molecule has 0 saturated carbocycles. The van der Waals surface area contributed by atoms with E-state index in [0.29, 0.717) is 10.9 Å². The predicted octanol–water partition coefficient (Wildman–Crippen LogP) is 4.08. The molecule has 6 nitrogen and oxygen atoms in total. The molecule has 0 unspecified atom stereocenters. The zero-order chi connectivity index (χ0) is 17.3. The smallest absolute Gasteiger partial charge is 0.288 e. The summed E-state index contributed by atoms with van der Waals surface area (Å²) >= 11 is 5.85. The normalized spacial score (nSPS) is 10.8. The molecular formula is C15H9ClF2N4O2. The highest BCUT2D eigenvalue weighted by atomic mass is 35.5. The third-order valence-corrected chi connectivity index (χ3v) is 3.66. The van der Waals surface area contributed by atoms with Crippen molar-refractivity contribution >= 4 is 34.0 Å². The van der Waals surface area contributed by atoms with Crippen LogP contribution in [0.5, 0.6) is 0 Å². The Morgan fingerprint density at radius 3 is 2.71 bits per heavy atom. The van der Waals surface area contributed by atoms with E-state index in [1.807, 2.05) is 0 Å². The molecule has 9 heteroatoms. The van der Waals surface area contributed by atoms with E-state index >= 15 is 0 Å². The number of benzene rings is 2. The Kier molecular flexibility index (Phi) is 4.22. The van der Waals surface area contributed by atoms with Gasteiger partial charge in [-0.25, -0.2) is 18.7 Å². The summed E-state index contributed by atoms with van der Waals surface area (Å²) in [6.07, 6.45) is 1.26. The first-order chi connectivity index (χ1) is 11.5. The van der Waals surface area contributed by atoms with Crippen molar-refractivity contribution in [2.24, 2.45) is 0 Å². The summed E-state index contributed by atoms with van der Waals surface area (Å²) in [7, 11) is 0. The predicted molar refractivity (Wildman–Crippen MR) is 84.9 cm³/mol. The summed E-state index contributed by atoms with van der Waals surface area (Å²) in [5.74, 6) is -1.09. The molecule has 0 saturated heterocycles. The van der Waals surface area contributed by atoms with Crippen molar-refractivity contribution in [3.8, 4) is 0 Å². The number of nitrogens with zero attached hydrogens (tertiary/aromatic N) is 3. The first-order valence-electron chi connectivity index (χ1n) is 6.72. The molecule has 3 rings (SSSR count). The molecule has 0 aliphatic carbocycles. The van der Waals surface area contributed by atoms with E-state index in [4.69, 9.17) is 11.6 Å². The molecule has 0 fully saturated rings. The highest BCUT2D eigenvalue weighted by Gasteiger charge is 2.16. The highest BCUT2D eigenvalue weighted by Crippen LogP contribution is 2.31. The van der Waals surface area contributed by atoms with E-state index in [9.17, 15) is 18.9 Å². The lowest BCUT2D eigenvalue weighted by atomic mass is 10.2. The number of rotatable bonds is 4. The Bertz CT molecular complexity index is 952. The number of nitrogens with one attached hydrogen (secondary N) is 1. The van der Waals surface area contributed by atoms with Crippen LogP contribution in [-0.4, -0.2) is 14.9 Å². The van der Waals surface area contributed by atoms with Gasteiger partial charge in [0.25, 0.3) is 5.69 Å². The molecular weight excluding hydrogens is 342 g/mol. The molecule has 0 radical (unpaired) electrons. The third kappa shape index (κ3) is 3.09.